The van der Waals surface area contributed by atoms with Crippen molar-refractivity contribution in [2.24, 2.45) is 11.7 Å². The van der Waals surface area contributed by atoms with Crippen molar-refractivity contribution in [2.45, 2.75) is 64.2 Å². The quantitative estimate of drug-likeness (QED) is 0.256. The van der Waals surface area contributed by atoms with Gasteiger partial charge in [0.2, 0.25) is 0 Å². The molecule has 0 heterocycles. The minimum absolute atomic E-state index is 0.829. The van der Waals surface area contributed by atoms with Gasteiger partial charge in [-0.1, -0.05) is 51.4 Å². The molecule has 4 heteroatoms. The Bertz CT molecular complexity index is 106. The van der Waals surface area contributed by atoms with Crippen molar-refractivity contribution in [3.63, 3.8) is 0 Å². The average molecular weight is 229 g/mol. The van der Waals surface area contributed by atoms with Crippen LogP contribution in [-0.4, -0.2) is 13.1 Å². The zero-order valence-corrected chi connectivity index (χ0v) is 10.6. The van der Waals surface area contributed by atoms with Gasteiger partial charge in [-0.15, -0.1) is 0 Å². The predicted octanol–water partition coefficient (Wildman–Crippen LogP) is 1.83. The van der Waals surface area contributed by atoms with Crippen molar-refractivity contribution in [3.05, 3.63) is 0 Å². The van der Waals surface area contributed by atoms with E-state index in [4.69, 9.17) is 11.7 Å². The molecule has 0 unspecified atom stereocenters. The van der Waals surface area contributed by atoms with Gasteiger partial charge in [0.25, 0.3) is 0 Å². The summed E-state index contributed by atoms with van der Waals surface area (Å²) in [6.45, 7) is 1.78. The van der Waals surface area contributed by atoms with Gasteiger partial charge < -0.3 is 0 Å². The van der Waals surface area contributed by atoms with Gasteiger partial charge in [-0.05, 0) is 12.8 Å². The third kappa shape index (κ3) is 13.8. The molecule has 16 heavy (non-hydrogen) atoms. The molecular weight excluding hydrogens is 200 g/mol. The summed E-state index contributed by atoms with van der Waals surface area (Å²) in [7, 11) is 0. The summed E-state index contributed by atoms with van der Waals surface area (Å²) in [5, 5.41) is 0. The van der Waals surface area contributed by atoms with Gasteiger partial charge in [-0.25, -0.2) is 0 Å². The van der Waals surface area contributed by atoms with E-state index < -0.39 is 0 Å². The highest BCUT2D eigenvalue weighted by Gasteiger charge is 1.92. The smallest absolute Gasteiger partial charge is 0.0301 e. The summed E-state index contributed by atoms with van der Waals surface area (Å²) in [4.78, 5) is 0. The Hall–Kier alpha value is -0.160. The molecule has 0 aromatic rings. The second-order valence-corrected chi connectivity index (χ2v) is 4.40. The predicted molar refractivity (Wildman–Crippen MR) is 69.5 cm³/mol. The molecule has 0 aromatic heterocycles. The van der Waals surface area contributed by atoms with Crippen LogP contribution >= 0.6 is 0 Å². The number of hydrogen-bond donors (Lipinski definition) is 3. The first-order chi connectivity index (χ1) is 7.91. The van der Waals surface area contributed by atoms with Crippen LogP contribution in [0.15, 0.2) is 0 Å². The van der Waals surface area contributed by atoms with Crippen molar-refractivity contribution < 1.29 is 0 Å². The van der Waals surface area contributed by atoms with E-state index in [-0.39, 0.29) is 0 Å². The van der Waals surface area contributed by atoms with E-state index in [0.29, 0.717) is 0 Å². The van der Waals surface area contributed by atoms with Crippen molar-refractivity contribution in [1.29, 1.82) is 0 Å². The molecule has 0 aliphatic carbocycles. The van der Waals surface area contributed by atoms with Crippen LogP contribution in [-0.2, 0) is 0 Å². The van der Waals surface area contributed by atoms with E-state index in [2.05, 4.69) is 10.9 Å². The molecule has 0 saturated heterocycles. The normalized spacial score (nSPS) is 10.9. The number of nitrogens with one attached hydrogen (secondary N) is 1. The van der Waals surface area contributed by atoms with Gasteiger partial charge in [0.15, 0.2) is 0 Å². The van der Waals surface area contributed by atoms with Crippen molar-refractivity contribution in [3.8, 4) is 0 Å². The van der Waals surface area contributed by atoms with Crippen LogP contribution in [0, 0.1) is 0 Å². The molecular formula is C12H29N4. The molecule has 0 amide bonds. The van der Waals surface area contributed by atoms with Crippen LogP contribution in [0.5, 0.6) is 0 Å². The van der Waals surface area contributed by atoms with Crippen LogP contribution in [0.2, 0.25) is 0 Å². The lowest BCUT2D eigenvalue weighted by molar-refractivity contribution is 0.536. The summed E-state index contributed by atoms with van der Waals surface area (Å²) >= 11 is 0. The fourth-order valence-corrected chi connectivity index (χ4v) is 1.84. The third-order valence-corrected chi connectivity index (χ3v) is 2.86. The Kier molecular flexibility index (Phi) is 14.7. The summed E-state index contributed by atoms with van der Waals surface area (Å²) in [6, 6.07) is 0. The molecule has 97 valence electrons. The second-order valence-electron chi connectivity index (χ2n) is 4.40. The van der Waals surface area contributed by atoms with Crippen LogP contribution in [0.3, 0.4) is 0 Å². The standard InChI is InChI=1S/C12H29N4/c13-15-11-9-7-5-3-1-2-4-6-8-10-12-16-14/h15H,1-14H2. The first-order valence-corrected chi connectivity index (χ1v) is 6.72. The highest BCUT2D eigenvalue weighted by molar-refractivity contribution is 4.49. The van der Waals surface area contributed by atoms with Gasteiger partial charge in [0.05, 0.1) is 0 Å². The average Bonchev–Trinajstić information content (AvgIpc) is 2.31. The first-order valence-electron chi connectivity index (χ1n) is 6.72. The van der Waals surface area contributed by atoms with E-state index in [9.17, 15) is 0 Å². The molecule has 0 atom stereocenters. The number of nitrogens with zero attached hydrogens (tertiary/aromatic N) is 1. The number of unbranched alkanes of at least 4 members (excludes halogenated alkanes) is 9. The molecule has 0 saturated carbocycles. The molecule has 0 bridgehead atoms. The molecule has 4 nitrogen and oxygen atoms in total. The molecule has 0 fully saturated rings. The molecule has 0 rings (SSSR count). The number of hydrazine groups is 1. The largest absolute Gasteiger partial charge is 0.271 e. The first kappa shape index (κ1) is 15.8. The molecule has 0 spiro atoms. The maximum absolute atomic E-state index is 5.19. The maximum atomic E-state index is 5.19. The van der Waals surface area contributed by atoms with Crippen LogP contribution in [0.4, 0.5) is 0 Å². The summed E-state index contributed by atoms with van der Waals surface area (Å²) < 4.78 is 0. The maximum Gasteiger partial charge on any atom is 0.0301 e. The zero-order valence-electron chi connectivity index (χ0n) is 10.6. The van der Waals surface area contributed by atoms with Gasteiger partial charge in [-0.2, -0.15) is 5.43 Å². The van der Waals surface area contributed by atoms with Crippen molar-refractivity contribution in [1.82, 2.24) is 10.9 Å². The van der Waals surface area contributed by atoms with Gasteiger partial charge >= 0.3 is 0 Å². The van der Waals surface area contributed by atoms with Crippen molar-refractivity contribution >= 4 is 0 Å². The van der Waals surface area contributed by atoms with Gasteiger partial charge in [0, 0.05) is 13.1 Å². The fraction of sp³-hybridized carbons (Fsp3) is 1.00. The van der Waals surface area contributed by atoms with Gasteiger partial charge in [0.1, 0.15) is 0 Å². The lowest BCUT2D eigenvalue weighted by Gasteiger charge is -2.02. The van der Waals surface area contributed by atoms with Gasteiger partial charge in [-0.3, -0.25) is 17.1 Å². The second kappa shape index (κ2) is 14.8. The van der Waals surface area contributed by atoms with Crippen LogP contribution < -0.4 is 22.5 Å². The minimum Gasteiger partial charge on any atom is -0.271 e. The Morgan fingerprint density at radius 1 is 0.688 bits per heavy atom. The molecule has 5 N–H and O–H groups in total. The highest BCUT2D eigenvalue weighted by atomic mass is 15.2. The number of rotatable bonds is 13. The summed E-state index contributed by atoms with van der Waals surface area (Å²) in [5.74, 6) is 10.3. The number of hydrogen-bond acceptors (Lipinski definition) is 3. The fourth-order valence-electron chi connectivity index (χ4n) is 1.84. The summed E-state index contributed by atoms with van der Waals surface area (Å²) in [5.41, 5.74) is 6.29. The molecule has 0 aliphatic heterocycles. The Labute approximate surface area is 100 Å². The van der Waals surface area contributed by atoms with Crippen LogP contribution in [0.1, 0.15) is 64.2 Å². The monoisotopic (exact) mass is 229 g/mol. The third-order valence-electron chi connectivity index (χ3n) is 2.86. The lowest BCUT2D eigenvalue weighted by Crippen LogP contribution is -2.22. The number of nitrogens with two attached hydrogens (primary N) is 2. The van der Waals surface area contributed by atoms with Crippen molar-refractivity contribution in [2.75, 3.05) is 13.1 Å². The highest BCUT2D eigenvalue weighted by Crippen LogP contribution is 2.10. The van der Waals surface area contributed by atoms with E-state index in [1.54, 1.807) is 0 Å². The molecule has 0 aliphatic rings. The molecule has 1 radical (unpaired) electrons. The van der Waals surface area contributed by atoms with E-state index >= 15 is 0 Å². The Morgan fingerprint density at radius 3 is 1.56 bits per heavy atom. The zero-order chi connectivity index (χ0) is 11.9. The summed E-state index contributed by atoms with van der Waals surface area (Å²) in [6.07, 6.45) is 13.2. The SMILES string of the molecule is N[N]CCCCCCCCCCCCNN. The minimum atomic E-state index is 0.829. The van der Waals surface area contributed by atoms with E-state index in [0.717, 1.165) is 19.5 Å². The molecule has 0 aromatic carbocycles. The topological polar surface area (TPSA) is 78.2 Å². The lowest BCUT2D eigenvalue weighted by atomic mass is 10.1. The van der Waals surface area contributed by atoms with Crippen LogP contribution in [0.25, 0.3) is 0 Å². The van der Waals surface area contributed by atoms with E-state index in [1.807, 2.05) is 0 Å². The van der Waals surface area contributed by atoms with E-state index in [1.165, 1.54) is 57.8 Å². The Balaban J connectivity index is 2.83. The Morgan fingerprint density at radius 2 is 1.12 bits per heavy atom.